The second-order valence-electron chi connectivity index (χ2n) is 6.14. The van der Waals surface area contributed by atoms with Crippen LogP contribution in [0.1, 0.15) is 57.7 Å². The summed E-state index contributed by atoms with van der Waals surface area (Å²) in [5, 5.41) is 9.39. The summed E-state index contributed by atoms with van der Waals surface area (Å²) >= 11 is 0. The Hall–Kier alpha value is -1.09. The molecule has 0 atom stereocenters. The van der Waals surface area contributed by atoms with E-state index in [-0.39, 0.29) is 12.1 Å². The van der Waals surface area contributed by atoms with Crippen molar-refractivity contribution in [2.24, 2.45) is 0 Å². The number of anilines is 1. The van der Waals surface area contributed by atoms with Gasteiger partial charge >= 0.3 is 0 Å². The number of aliphatic hydroxyl groups excluding tert-OH is 1. The van der Waals surface area contributed by atoms with Gasteiger partial charge in [-0.15, -0.1) is 0 Å². The quantitative estimate of drug-likeness (QED) is 0.893. The van der Waals surface area contributed by atoms with Gasteiger partial charge in [0.05, 0.1) is 6.61 Å². The average Bonchev–Trinajstić information content (AvgIpc) is 2.68. The fraction of sp³-hybridized carbons (Fsp3) is 0.667. The second kappa shape index (κ2) is 4.88. The number of rotatable bonds is 3. The highest BCUT2D eigenvalue weighted by molar-refractivity contribution is 5.46. The molecule has 0 unspecified atom stereocenters. The Balaban J connectivity index is 2.40. The first kappa shape index (κ1) is 13.3. The van der Waals surface area contributed by atoms with Gasteiger partial charge in [0.1, 0.15) is 5.82 Å². The van der Waals surface area contributed by atoms with Crippen molar-refractivity contribution in [3.05, 3.63) is 23.4 Å². The molecule has 0 aliphatic carbocycles. The third-order valence-electron chi connectivity index (χ3n) is 3.84. The number of pyridine rings is 1. The van der Waals surface area contributed by atoms with E-state index in [9.17, 15) is 5.11 Å². The zero-order valence-electron chi connectivity index (χ0n) is 11.9. The maximum absolute atomic E-state index is 9.39. The summed E-state index contributed by atoms with van der Waals surface area (Å²) in [4.78, 5) is 7.15. The van der Waals surface area contributed by atoms with Crippen LogP contribution in [0.15, 0.2) is 12.1 Å². The monoisotopic (exact) mass is 248 g/mol. The number of nitrogens with zero attached hydrogens (tertiary/aromatic N) is 2. The minimum Gasteiger partial charge on any atom is -0.392 e. The van der Waals surface area contributed by atoms with Crippen LogP contribution in [-0.2, 0) is 6.61 Å². The molecule has 1 aromatic heterocycles. The van der Waals surface area contributed by atoms with Gasteiger partial charge in [0.25, 0.3) is 0 Å². The normalized spacial score (nSPS) is 18.7. The largest absolute Gasteiger partial charge is 0.392 e. The molecule has 0 radical (unpaired) electrons. The molecule has 3 heteroatoms. The van der Waals surface area contributed by atoms with E-state index in [4.69, 9.17) is 4.98 Å². The van der Waals surface area contributed by atoms with Crippen molar-refractivity contribution in [3.8, 4) is 0 Å². The summed E-state index contributed by atoms with van der Waals surface area (Å²) < 4.78 is 0. The van der Waals surface area contributed by atoms with E-state index in [0.29, 0.717) is 5.92 Å². The summed E-state index contributed by atoms with van der Waals surface area (Å²) in [6, 6.07) is 4.04. The lowest BCUT2D eigenvalue weighted by Gasteiger charge is -2.33. The SMILES string of the molecule is CC(C)c1cc(CO)cc(N2CCCC2(C)C)n1. The molecule has 0 bridgehead atoms. The molecule has 1 N–H and O–H groups in total. The molecule has 1 aliphatic heterocycles. The summed E-state index contributed by atoms with van der Waals surface area (Å²) in [6.45, 7) is 9.96. The molecule has 0 aromatic carbocycles. The fourth-order valence-electron chi connectivity index (χ4n) is 2.65. The third kappa shape index (κ3) is 2.51. The lowest BCUT2D eigenvalue weighted by molar-refractivity contribution is 0.281. The zero-order valence-corrected chi connectivity index (χ0v) is 11.9. The summed E-state index contributed by atoms with van der Waals surface area (Å²) in [6.07, 6.45) is 2.42. The topological polar surface area (TPSA) is 36.4 Å². The van der Waals surface area contributed by atoms with E-state index in [0.717, 1.165) is 23.6 Å². The molecular formula is C15H24N2O. The molecule has 3 nitrogen and oxygen atoms in total. The van der Waals surface area contributed by atoms with E-state index in [1.165, 1.54) is 12.8 Å². The first-order valence-corrected chi connectivity index (χ1v) is 6.83. The van der Waals surface area contributed by atoms with Crippen molar-refractivity contribution in [1.82, 2.24) is 4.98 Å². The van der Waals surface area contributed by atoms with Crippen molar-refractivity contribution < 1.29 is 5.11 Å². The van der Waals surface area contributed by atoms with E-state index in [1.54, 1.807) is 0 Å². The van der Waals surface area contributed by atoms with Crippen LogP contribution in [0.2, 0.25) is 0 Å². The molecule has 0 saturated carbocycles. The first-order chi connectivity index (χ1) is 8.44. The van der Waals surface area contributed by atoms with Gasteiger partial charge < -0.3 is 10.0 Å². The van der Waals surface area contributed by atoms with Crippen molar-refractivity contribution in [1.29, 1.82) is 0 Å². The van der Waals surface area contributed by atoms with Crippen LogP contribution >= 0.6 is 0 Å². The van der Waals surface area contributed by atoms with Crippen molar-refractivity contribution in [3.63, 3.8) is 0 Å². The molecule has 2 heterocycles. The number of aliphatic hydroxyl groups is 1. The minimum atomic E-state index is 0.0868. The van der Waals surface area contributed by atoms with Crippen molar-refractivity contribution >= 4 is 5.82 Å². The lowest BCUT2D eigenvalue weighted by Crippen LogP contribution is -2.38. The second-order valence-corrected chi connectivity index (χ2v) is 6.14. The van der Waals surface area contributed by atoms with Gasteiger partial charge in [0.2, 0.25) is 0 Å². The van der Waals surface area contributed by atoms with E-state index in [2.05, 4.69) is 32.6 Å². The van der Waals surface area contributed by atoms with Crippen LogP contribution in [-0.4, -0.2) is 22.2 Å². The number of hydrogen-bond donors (Lipinski definition) is 1. The summed E-state index contributed by atoms with van der Waals surface area (Å²) in [5.41, 5.74) is 2.21. The van der Waals surface area contributed by atoms with Crippen LogP contribution < -0.4 is 4.90 Å². The highest BCUT2D eigenvalue weighted by Crippen LogP contribution is 2.33. The van der Waals surface area contributed by atoms with Crippen molar-refractivity contribution in [2.45, 2.75) is 58.6 Å². The Labute approximate surface area is 110 Å². The van der Waals surface area contributed by atoms with Gasteiger partial charge in [-0.25, -0.2) is 4.98 Å². The predicted octanol–water partition coefficient (Wildman–Crippen LogP) is 3.08. The van der Waals surface area contributed by atoms with Crippen LogP contribution in [0.4, 0.5) is 5.82 Å². The lowest BCUT2D eigenvalue weighted by atomic mass is 10.0. The van der Waals surface area contributed by atoms with E-state index in [1.807, 2.05) is 12.1 Å². The van der Waals surface area contributed by atoms with Crippen molar-refractivity contribution in [2.75, 3.05) is 11.4 Å². The van der Waals surface area contributed by atoms with E-state index >= 15 is 0 Å². The van der Waals surface area contributed by atoms with E-state index < -0.39 is 0 Å². The van der Waals surface area contributed by atoms with Crippen LogP contribution in [0.25, 0.3) is 0 Å². The van der Waals surface area contributed by atoms with Crippen LogP contribution in [0.5, 0.6) is 0 Å². The fourth-order valence-corrected chi connectivity index (χ4v) is 2.65. The Kier molecular flexibility index (Phi) is 3.62. The summed E-state index contributed by atoms with van der Waals surface area (Å²) in [5.74, 6) is 1.41. The molecule has 0 amide bonds. The zero-order chi connectivity index (χ0) is 13.3. The third-order valence-corrected chi connectivity index (χ3v) is 3.84. The van der Waals surface area contributed by atoms with Gasteiger partial charge in [-0.05, 0) is 50.3 Å². The standard InChI is InChI=1S/C15H24N2O/c1-11(2)13-8-12(10-18)9-14(16-13)17-7-5-6-15(17,3)4/h8-9,11,18H,5-7,10H2,1-4H3. The minimum absolute atomic E-state index is 0.0868. The molecule has 1 fully saturated rings. The Morgan fingerprint density at radius 2 is 2.11 bits per heavy atom. The predicted molar refractivity (Wildman–Crippen MR) is 74.9 cm³/mol. The molecule has 1 saturated heterocycles. The van der Waals surface area contributed by atoms with Gasteiger partial charge in [0.15, 0.2) is 0 Å². The smallest absolute Gasteiger partial charge is 0.129 e. The molecule has 0 spiro atoms. The molecule has 100 valence electrons. The molecule has 1 aromatic rings. The summed E-state index contributed by atoms with van der Waals surface area (Å²) in [7, 11) is 0. The average molecular weight is 248 g/mol. The van der Waals surface area contributed by atoms with Gasteiger partial charge in [-0.1, -0.05) is 13.8 Å². The highest BCUT2D eigenvalue weighted by Gasteiger charge is 2.33. The molecular weight excluding hydrogens is 224 g/mol. The van der Waals surface area contributed by atoms with Gasteiger partial charge in [-0.3, -0.25) is 0 Å². The number of aromatic nitrogens is 1. The Morgan fingerprint density at radius 1 is 1.39 bits per heavy atom. The van der Waals surface area contributed by atoms with Crippen LogP contribution in [0, 0.1) is 0 Å². The Morgan fingerprint density at radius 3 is 2.61 bits per heavy atom. The Bertz CT molecular complexity index is 427. The molecule has 18 heavy (non-hydrogen) atoms. The maximum atomic E-state index is 9.39. The molecule has 2 rings (SSSR count). The highest BCUT2D eigenvalue weighted by atomic mass is 16.3. The van der Waals surface area contributed by atoms with Crippen LogP contribution in [0.3, 0.4) is 0 Å². The maximum Gasteiger partial charge on any atom is 0.129 e. The number of hydrogen-bond acceptors (Lipinski definition) is 3. The van der Waals surface area contributed by atoms with Gasteiger partial charge in [0, 0.05) is 17.8 Å². The first-order valence-electron chi connectivity index (χ1n) is 6.83. The molecule has 1 aliphatic rings. The van der Waals surface area contributed by atoms with Gasteiger partial charge in [-0.2, -0.15) is 0 Å².